The van der Waals surface area contributed by atoms with Gasteiger partial charge in [0.1, 0.15) is 0 Å². The van der Waals surface area contributed by atoms with Gasteiger partial charge >= 0.3 is 0 Å². The molecule has 18 heavy (non-hydrogen) atoms. The monoisotopic (exact) mass is 251 g/mol. The summed E-state index contributed by atoms with van der Waals surface area (Å²) in [5.74, 6) is -0.0164. The van der Waals surface area contributed by atoms with Crippen molar-refractivity contribution in [2.75, 3.05) is 20.1 Å². The van der Waals surface area contributed by atoms with E-state index in [-0.39, 0.29) is 18.0 Å². The number of hydrogen-bond donors (Lipinski definition) is 1. The number of nitrogens with two attached hydrogens (primary N) is 1. The van der Waals surface area contributed by atoms with E-state index in [4.69, 9.17) is 5.73 Å². The first kappa shape index (κ1) is 14.1. The van der Waals surface area contributed by atoms with Gasteiger partial charge in [0.25, 0.3) is 5.69 Å². The van der Waals surface area contributed by atoms with E-state index in [1.165, 1.54) is 12.1 Å². The summed E-state index contributed by atoms with van der Waals surface area (Å²) in [7, 11) is 1.73. The van der Waals surface area contributed by atoms with Crippen LogP contribution in [0.4, 0.5) is 5.69 Å². The van der Waals surface area contributed by atoms with Crippen LogP contribution in [0.5, 0.6) is 0 Å². The predicted octanol–water partition coefficient (Wildman–Crippen LogP) is 0.945. The fourth-order valence-electron chi connectivity index (χ4n) is 1.50. The van der Waals surface area contributed by atoms with Crippen molar-refractivity contribution < 1.29 is 9.72 Å². The maximum atomic E-state index is 11.8. The first-order chi connectivity index (χ1) is 8.54. The molecule has 2 N–H and O–H groups in total. The van der Waals surface area contributed by atoms with Crippen molar-refractivity contribution in [2.45, 2.75) is 12.8 Å². The zero-order chi connectivity index (χ0) is 13.5. The SMILES string of the molecule is CN(CCCN)C(=O)Cc1ccc([N+](=O)[O-])cc1. The molecule has 1 rings (SSSR count). The number of amides is 1. The molecule has 1 aromatic carbocycles. The molecule has 0 saturated carbocycles. The number of rotatable bonds is 6. The summed E-state index contributed by atoms with van der Waals surface area (Å²) in [6.07, 6.45) is 1.02. The third kappa shape index (κ3) is 4.14. The molecule has 0 saturated heterocycles. The molecule has 1 aromatic rings. The minimum absolute atomic E-state index is 0.0164. The van der Waals surface area contributed by atoms with Gasteiger partial charge in [-0.15, -0.1) is 0 Å². The number of carbonyl (C=O) groups is 1. The van der Waals surface area contributed by atoms with Gasteiger partial charge in [0.05, 0.1) is 11.3 Å². The molecule has 0 aliphatic carbocycles. The van der Waals surface area contributed by atoms with Crippen LogP contribution in [0.25, 0.3) is 0 Å². The highest BCUT2D eigenvalue weighted by atomic mass is 16.6. The van der Waals surface area contributed by atoms with Gasteiger partial charge < -0.3 is 10.6 Å². The summed E-state index contributed by atoms with van der Waals surface area (Å²) in [5.41, 5.74) is 6.17. The average Bonchev–Trinajstić information content (AvgIpc) is 2.36. The molecule has 6 heteroatoms. The largest absolute Gasteiger partial charge is 0.345 e. The van der Waals surface area contributed by atoms with E-state index in [0.29, 0.717) is 13.1 Å². The highest BCUT2D eigenvalue weighted by Gasteiger charge is 2.10. The molecule has 1 amide bonds. The van der Waals surface area contributed by atoms with E-state index < -0.39 is 4.92 Å². The molecule has 6 nitrogen and oxygen atoms in total. The summed E-state index contributed by atoms with van der Waals surface area (Å²) >= 11 is 0. The lowest BCUT2D eigenvalue weighted by Crippen LogP contribution is -2.30. The number of benzene rings is 1. The zero-order valence-electron chi connectivity index (χ0n) is 10.3. The fraction of sp³-hybridized carbons (Fsp3) is 0.417. The molecule has 98 valence electrons. The maximum absolute atomic E-state index is 11.8. The zero-order valence-corrected chi connectivity index (χ0v) is 10.3. The lowest BCUT2D eigenvalue weighted by Gasteiger charge is -2.16. The number of nitro benzene ring substituents is 1. The Labute approximate surface area is 106 Å². The number of non-ortho nitro benzene ring substituents is 1. The minimum Gasteiger partial charge on any atom is -0.345 e. The van der Waals surface area contributed by atoms with Crippen LogP contribution in [0.15, 0.2) is 24.3 Å². The first-order valence-electron chi connectivity index (χ1n) is 5.72. The highest BCUT2D eigenvalue weighted by molar-refractivity contribution is 5.78. The highest BCUT2D eigenvalue weighted by Crippen LogP contribution is 2.12. The molecule has 0 aliphatic heterocycles. The van der Waals surface area contributed by atoms with Gasteiger partial charge in [-0.2, -0.15) is 0 Å². The smallest absolute Gasteiger partial charge is 0.269 e. The molecular weight excluding hydrogens is 234 g/mol. The van der Waals surface area contributed by atoms with E-state index in [1.807, 2.05) is 0 Å². The average molecular weight is 251 g/mol. The maximum Gasteiger partial charge on any atom is 0.269 e. The molecule has 0 aromatic heterocycles. The van der Waals surface area contributed by atoms with Crippen LogP contribution in [0, 0.1) is 10.1 Å². The second-order valence-electron chi connectivity index (χ2n) is 4.06. The van der Waals surface area contributed by atoms with Crippen molar-refractivity contribution >= 4 is 11.6 Å². The lowest BCUT2D eigenvalue weighted by molar-refractivity contribution is -0.384. The lowest BCUT2D eigenvalue weighted by atomic mass is 10.1. The van der Waals surface area contributed by atoms with Crippen LogP contribution in [-0.4, -0.2) is 35.9 Å². The van der Waals surface area contributed by atoms with Gasteiger partial charge in [-0.25, -0.2) is 0 Å². The molecule has 0 heterocycles. The van der Waals surface area contributed by atoms with E-state index in [2.05, 4.69) is 0 Å². The Morgan fingerprint density at radius 2 is 2.00 bits per heavy atom. The molecule has 0 spiro atoms. The normalized spacial score (nSPS) is 10.1. The Morgan fingerprint density at radius 3 is 2.50 bits per heavy atom. The van der Waals surface area contributed by atoms with Crippen molar-refractivity contribution in [2.24, 2.45) is 5.73 Å². The van der Waals surface area contributed by atoms with Crippen molar-refractivity contribution in [1.29, 1.82) is 0 Å². The second kappa shape index (κ2) is 6.70. The standard InChI is InChI=1S/C12H17N3O3/c1-14(8-2-7-13)12(16)9-10-3-5-11(6-4-10)15(17)18/h3-6H,2,7-9,13H2,1H3. The number of likely N-dealkylation sites (N-methyl/N-ethyl adjacent to an activating group) is 1. The number of nitrogens with zero attached hydrogens (tertiary/aromatic N) is 2. The van der Waals surface area contributed by atoms with Gasteiger partial charge in [-0.05, 0) is 18.5 Å². The van der Waals surface area contributed by atoms with Gasteiger partial charge in [-0.3, -0.25) is 14.9 Å². The summed E-state index contributed by atoms with van der Waals surface area (Å²) in [6.45, 7) is 1.18. The molecule has 0 atom stereocenters. The number of carbonyl (C=O) groups excluding carboxylic acids is 1. The third-order valence-electron chi connectivity index (χ3n) is 2.63. The molecular formula is C12H17N3O3. The van der Waals surface area contributed by atoms with E-state index in [9.17, 15) is 14.9 Å². The van der Waals surface area contributed by atoms with Gasteiger partial charge in [0, 0.05) is 25.7 Å². The Morgan fingerprint density at radius 1 is 1.39 bits per heavy atom. The van der Waals surface area contributed by atoms with Crippen LogP contribution in [0.2, 0.25) is 0 Å². The molecule has 0 radical (unpaired) electrons. The second-order valence-corrected chi connectivity index (χ2v) is 4.06. The summed E-state index contributed by atoms with van der Waals surface area (Å²) in [4.78, 5) is 23.4. The summed E-state index contributed by atoms with van der Waals surface area (Å²) in [5, 5.41) is 10.5. The topological polar surface area (TPSA) is 89.5 Å². The van der Waals surface area contributed by atoms with Crippen LogP contribution in [0.1, 0.15) is 12.0 Å². The first-order valence-corrected chi connectivity index (χ1v) is 5.72. The minimum atomic E-state index is -0.459. The van der Waals surface area contributed by atoms with E-state index in [1.54, 1.807) is 24.1 Å². The van der Waals surface area contributed by atoms with Crippen LogP contribution >= 0.6 is 0 Å². The molecule has 0 unspecified atom stereocenters. The molecule has 0 aliphatic rings. The Bertz CT molecular complexity index is 417. The van der Waals surface area contributed by atoms with Crippen molar-refractivity contribution in [3.63, 3.8) is 0 Å². The molecule has 0 fully saturated rings. The van der Waals surface area contributed by atoms with Gasteiger partial charge in [-0.1, -0.05) is 12.1 Å². The van der Waals surface area contributed by atoms with Crippen molar-refractivity contribution in [3.05, 3.63) is 39.9 Å². The van der Waals surface area contributed by atoms with Gasteiger partial charge in [0.15, 0.2) is 0 Å². The Hall–Kier alpha value is -1.95. The van der Waals surface area contributed by atoms with Crippen molar-refractivity contribution in [1.82, 2.24) is 4.90 Å². The van der Waals surface area contributed by atoms with Crippen LogP contribution < -0.4 is 5.73 Å². The fourth-order valence-corrected chi connectivity index (χ4v) is 1.50. The predicted molar refractivity (Wildman–Crippen MR) is 68.1 cm³/mol. The Kier molecular flexibility index (Phi) is 5.26. The van der Waals surface area contributed by atoms with Gasteiger partial charge in [0.2, 0.25) is 5.91 Å². The Balaban J connectivity index is 2.56. The third-order valence-corrected chi connectivity index (χ3v) is 2.63. The summed E-state index contributed by atoms with van der Waals surface area (Å²) in [6, 6.07) is 6.02. The summed E-state index contributed by atoms with van der Waals surface area (Å²) < 4.78 is 0. The number of nitro groups is 1. The van der Waals surface area contributed by atoms with Crippen LogP contribution in [0.3, 0.4) is 0 Å². The van der Waals surface area contributed by atoms with Crippen molar-refractivity contribution in [3.8, 4) is 0 Å². The quantitative estimate of drug-likeness (QED) is 0.602. The van der Waals surface area contributed by atoms with E-state index >= 15 is 0 Å². The van der Waals surface area contributed by atoms with E-state index in [0.717, 1.165) is 12.0 Å². The van der Waals surface area contributed by atoms with Crippen LogP contribution in [-0.2, 0) is 11.2 Å². The number of hydrogen-bond acceptors (Lipinski definition) is 4. The molecule has 0 bridgehead atoms.